The van der Waals surface area contributed by atoms with Gasteiger partial charge in [-0.2, -0.15) is 0 Å². The van der Waals surface area contributed by atoms with Gasteiger partial charge in [-0.05, 0) is 23.3 Å². The Morgan fingerprint density at radius 2 is 2.00 bits per heavy atom. The zero-order valence-electron chi connectivity index (χ0n) is 9.06. The van der Waals surface area contributed by atoms with Gasteiger partial charge in [0.15, 0.2) is 0 Å². The number of hydrogen-bond donors (Lipinski definition) is 2. The highest BCUT2D eigenvalue weighted by Gasteiger charge is 1.95. The molecule has 0 atom stereocenters. The van der Waals surface area contributed by atoms with E-state index in [1.165, 1.54) is 5.56 Å². The van der Waals surface area contributed by atoms with Gasteiger partial charge in [0, 0.05) is 25.5 Å². The van der Waals surface area contributed by atoms with Crippen molar-refractivity contribution >= 4 is 5.69 Å². The van der Waals surface area contributed by atoms with E-state index >= 15 is 0 Å². The molecule has 0 aliphatic carbocycles. The summed E-state index contributed by atoms with van der Waals surface area (Å²) in [5.41, 5.74) is 9.01. The third kappa shape index (κ3) is 2.81. The molecular formula is C13H15N3. The number of nitrogens with one attached hydrogen (secondary N) is 1. The van der Waals surface area contributed by atoms with Crippen LogP contribution in [0.4, 0.5) is 5.69 Å². The standard InChI is InChI=1S/C13H15N3/c14-8-11-3-1-4-12(7-11)9-16-13-5-2-6-15-10-13/h1-7,10,16H,8-9,14H2. The van der Waals surface area contributed by atoms with Gasteiger partial charge in [0.05, 0.1) is 5.69 Å². The number of nitrogens with zero attached hydrogens (tertiary/aromatic N) is 1. The molecule has 82 valence electrons. The first-order valence-corrected chi connectivity index (χ1v) is 5.30. The van der Waals surface area contributed by atoms with Gasteiger partial charge >= 0.3 is 0 Å². The predicted molar refractivity (Wildman–Crippen MR) is 65.9 cm³/mol. The SMILES string of the molecule is NCc1cccc(CNc2cccnc2)c1. The minimum Gasteiger partial charge on any atom is -0.380 e. The van der Waals surface area contributed by atoms with Gasteiger partial charge in [0.25, 0.3) is 0 Å². The highest BCUT2D eigenvalue weighted by molar-refractivity contribution is 5.40. The van der Waals surface area contributed by atoms with Gasteiger partial charge in [0.1, 0.15) is 0 Å². The van der Waals surface area contributed by atoms with E-state index in [1.54, 1.807) is 6.20 Å². The number of aromatic nitrogens is 1. The lowest BCUT2D eigenvalue weighted by Gasteiger charge is -2.06. The Morgan fingerprint density at radius 3 is 2.75 bits per heavy atom. The number of hydrogen-bond acceptors (Lipinski definition) is 3. The van der Waals surface area contributed by atoms with Crippen molar-refractivity contribution in [1.29, 1.82) is 0 Å². The fourth-order valence-electron chi connectivity index (χ4n) is 1.54. The molecule has 0 aliphatic heterocycles. The van der Waals surface area contributed by atoms with Crippen LogP contribution in [0.3, 0.4) is 0 Å². The highest BCUT2D eigenvalue weighted by Crippen LogP contribution is 2.08. The molecule has 1 aromatic carbocycles. The molecule has 0 spiro atoms. The summed E-state index contributed by atoms with van der Waals surface area (Å²) in [6, 6.07) is 12.2. The van der Waals surface area contributed by atoms with E-state index < -0.39 is 0 Å². The van der Waals surface area contributed by atoms with Crippen molar-refractivity contribution < 1.29 is 0 Å². The Hall–Kier alpha value is -1.87. The first-order chi connectivity index (χ1) is 7.88. The Morgan fingerprint density at radius 1 is 1.12 bits per heavy atom. The summed E-state index contributed by atoms with van der Waals surface area (Å²) in [5, 5.41) is 3.31. The van der Waals surface area contributed by atoms with Crippen molar-refractivity contribution in [2.45, 2.75) is 13.1 Å². The number of anilines is 1. The van der Waals surface area contributed by atoms with Crippen LogP contribution in [0.2, 0.25) is 0 Å². The minimum absolute atomic E-state index is 0.584. The minimum atomic E-state index is 0.584. The molecule has 0 saturated heterocycles. The van der Waals surface area contributed by atoms with Crippen LogP contribution in [0.5, 0.6) is 0 Å². The normalized spacial score (nSPS) is 10.1. The molecule has 1 aromatic heterocycles. The Bertz CT molecular complexity index is 440. The van der Waals surface area contributed by atoms with Crippen LogP contribution in [-0.2, 0) is 13.1 Å². The van der Waals surface area contributed by atoms with Crippen molar-refractivity contribution in [1.82, 2.24) is 4.98 Å². The summed E-state index contributed by atoms with van der Waals surface area (Å²) in [4.78, 5) is 4.05. The summed E-state index contributed by atoms with van der Waals surface area (Å²) in [6.45, 7) is 1.38. The van der Waals surface area contributed by atoms with Crippen molar-refractivity contribution in [3.63, 3.8) is 0 Å². The molecule has 0 unspecified atom stereocenters. The first-order valence-electron chi connectivity index (χ1n) is 5.30. The molecule has 1 heterocycles. The third-order valence-corrected chi connectivity index (χ3v) is 2.39. The largest absolute Gasteiger partial charge is 0.380 e. The summed E-state index contributed by atoms with van der Waals surface area (Å²) in [6.07, 6.45) is 3.58. The second-order valence-corrected chi connectivity index (χ2v) is 3.62. The van der Waals surface area contributed by atoms with Crippen LogP contribution in [0.1, 0.15) is 11.1 Å². The van der Waals surface area contributed by atoms with Crippen LogP contribution in [0.15, 0.2) is 48.8 Å². The Kier molecular flexibility index (Phi) is 3.51. The van der Waals surface area contributed by atoms with Crippen molar-refractivity contribution in [2.24, 2.45) is 5.73 Å². The Balaban J connectivity index is 1.99. The molecule has 2 rings (SSSR count). The molecule has 3 nitrogen and oxygen atoms in total. The molecule has 3 heteroatoms. The maximum Gasteiger partial charge on any atom is 0.0529 e. The van der Waals surface area contributed by atoms with Gasteiger partial charge < -0.3 is 11.1 Å². The lowest BCUT2D eigenvalue weighted by Crippen LogP contribution is -2.02. The molecule has 0 bridgehead atoms. The molecule has 0 radical (unpaired) electrons. The van der Waals surface area contributed by atoms with E-state index in [4.69, 9.17) is 5.73 Å². The second-order valence-electron chi connectivity index (χ2n) is 3.62. The fourth-order valence-corrected chi connectivity index (χ4v) is 1.54. The van der Waals surface area contributed by atoms with Gasteiger partial charge in [-0.3, -0.25) is 4.98 Å². The Labute approximate surface area is 95.3 Å². The summed E-state index contributed by atoms with van der Waals surface area (Å²) >= 11 is 0. The smallest absolute Gasteiger partial charge is 0.0529 e. The lowest BCUT2D eigenvalue weighted by atomic mass is 10.1. The van der Waals surface area contributed by atoms with Crippen LogP contribution in [0, 0.1) is 0 Å². The first kappa shape index (κ1) is 10.6. The highest BCUT2D eigenvalue weighted by atomic mass is 14.9. The maximum atomic E-state index is 5.60. The molecular weight excluding hydrogens is 198 g/mol. The van der Waals surface area contributed by atoms with Crippen molar-refractivity contribution in [2.75, 3.05) is 5.32 Å². The maximum absolute atomic E-state index is 5.60. The van der Waals surface area contributed by atoms with Gasteiger partial charge in [0.2, 0.25) is 0 Å². The van der Waals surface area contributed by atoms with E-state index in [-0.39, 0.29) is 0 Å². The second kappa shape index (κ2) is 5.28. The zero-order valence-corrected chi connectivity index (χ0v) is 9.06. The average Bonchev–Trinajstić information content (AvgIpc) is 2.38. The van der Waals surface area contributed by atoms with Crippen LogP contribution in [-0.4, -0.2) is 4.98 Å². The zero-order chi connectivity index (χ0) is 11.2. The number of rotatable bonds is 4. The molecule has 3 N–H and O–H groups in total. The lowest BCUT2D eigenvalue weighted by molar-refractivity contribution is 1.05. The van der Waals surface area contributed by atoms with Gasteiger partial charge in [-0.25, -0.2) is 0 Å². The number of benzene rings is 1. The average molecular weight is 213 g/mol. The van der Waals surface area contributed by atoms with E-state index in [0.717, 1.165) is 17.8 Å². The van der Waals surface area contributed by atoms with E-state index in [0.29, 0.717) is 6.54 Å². The van der Waals surface area contributed by atoms with Crippen molar-refractivity contribution in [3.05, 3.63) is 59.9 Å². The van der Waals surface area contributed by atoms with Crippen LogP contribution >= 0.6 is 0 Å². The number of nitrogens with two attached hydrogens (primary N) is 1. The monoisotopic (exact) mass is 213 g/mol. The summed E-state index contributed by atoms with van der Waals surface area (Å²) in [5.74, 6) is 0. The van der Waals surface area contributed by atoms with Crippen molar-refractivity contribution in [3.8, 4) is 0 Å². The molecule has 0 saturated carbocycles. The number of pyridine rings is 1. The molecule has 2 aromatic rings. The van der Waals surface area contributed by atoms with E-state index in [9.17, 15) is 0 Å². The molecule has 0 amide bonds. The third-order valence-electron chi connectivity index (χ3n) is 2.39. The quantitative estimate of drug-likeness (QED) is 0.818. The van der Waals surface area contributed by atoms with Crippen LogP contribution in [0.25, 0.3) is 0 Å². The van der Waals surface area contributed by atoms with Gasteiger partial charge in [-0.1, -0.05) is 24.3 Å². The van der Waals surface area contributed by atoms with E-state index in [1.807, 2.05) is 30.5 Å². The van der Waals surface area contributed by atoms with E-state index in [2.05, 4.69) is 22.4 Å². The topological polar surface area (TPSA) is 50.9 Å². The summed E-state index contributed by atoms with van der Waals surface area (Å²) < 4.78 is 0. The molecule has 16 heavy (non-hydrogen) atoms. The predicted octanol–water partition coefficient (Wildman–Crippen LogP) is 2.15. The fraction of sp³-hybridized carbons (Fsp3) is 0.154. The van der Waals surface area contributed by atoms with Crippen LogP contribution < -0.4 is 11.1 Å². The summed E-state index contributed by atoms with van der Waals surface area (Å²) in [7, 11) is 0. The molecule has 0 fully saturated rings. The molecule has 0 aliphatic rings. The van der Waals surface area contributed by atoms with Gasteiger partial charge in [-0.15, -0.1) is 0 Å².